The number of aliphatic hydroxyl groups excluding tert-OH is 1. The molecule has 0 radical (unpaired) electrons. The van der Waals surface area contributed by atoms with E-state index < -0.39 is 0 Å². The van der Waals surface area contributed by atoms with Gasteiger partial charge in [-0.3, -0.25) is 4.79 Å². The SMILES string of the molecule is Cc1ccc(/C(O)=C2\c3ccccc3Cn3c2nc(=O)c2c4c(sc23)CCCC4)cc1. The summed E-state index contributed by atoms with van der Waals surface area (Å²) in [5.74, 6) is 0.723. The molecule has 0 fully saturated rings. The Kier molecular flexibility index (Phi) is 4.15. The maximum Gasteiger partial charge on any atom is 0.282 e. The summed E-state index contributed by atoms with van der Waals surface area (Å²) in [6, 6.07) is 15.9. The minimum Gasteiger partial charge on any atom is -0.507 e. The third-order valence-electron chi connectivity index (χ3n) is 6.48. The molecule has 2 aromatic carbocycles. The van der Waals surface area contributed by atoms with Crippen molar-refractivity contribution in [3.63, 3.8) is 0 Å². The first-order valence-electron chi connectivity index (χ1n) is 10.8. The summed E-state index contributed by atoms with van der Waals surface area (Å²) in [4.78, 5) is 20.1. The van der Waals surface area contributed by atoms with Gasteiger partial charge in [-0.15, -0.1) is 11.3 Å². The second-order valence-corrected chi connectivity index (χ2v) is 9.55. The Morgan fingerprint density at radius 3 is 2.68 bits per heavy atom. The predicted octanol–water partition coefficient (Wildman–Crippen LogP) is 5.48. The monoisotopic (exact) mass is 426 g/mol. The van der Waals surface area contributed by atoms with Gasteiger partial charge < -0.3 is 9.67 Å². The molecule has 0 spiro atoms. The van der Waals surface area contributed by atoms with E-state index in [1.54, 1.807) is 11.3 Å². The van der Waals surface area contributed by atoms with Gasteiger partial charge in [-0.1, -0.05) is 54.1 Å². The van der Waals surface area contributed by atoms with Crippen LogP contribution in [-0.4, -0.2) is 14.7 Å². The van der Waals surface area contributed by atoms with Crippen molar-refractivity contribution in [1.29, 1.82) is 0 Å². The van der Waals surface area contributed by atoms with Crippen LogP contribution in [0.3, 0.4) is 0 Å². The molecule has 0 atom stereocenters. The molecule has 154 valence electrons. The highest BCUT2D eigenvalue weighted by atomic mass is 32.1. The van der Waals surface area contributed by atoms with Crippen LogP contribution < -0.4 is 5.56 Å². The van der Waals surface area contributed by atoms with Crippen LogP contribution in [0.1, 0.15) is 51.4 Å². The topological polar surface area (TPSA) is 55.1 Å². The molecule has 2 aliphatic rings. The Labute approximate surface area is 184 Å². The first kappa shape index (κ1) is 18.6. The van der Waals surface area contributed by atoms with Gasteiger partial charge in [0, 0.05) is 10.4 Å². The highest BCUT2D eigenvalue weighted by Gasteiger charge is 2.29. The molecule has 0 unspecified atom stereocenters. The van der Waals surface area contributed by atoms with Crippen LogP contribution >= 0.6 is 11.3 Å². The van der Waals surface area contributed by atoms with Crippen molar-refractivity contribution in [1.82, 2.24) is 9.55 Å². The Morgan fingerprint density at radius 1 is 1.06 bits per heavy atom. The van der Waals surface area contributed by atoms with E-state index in [0.29, 0.717) is 17.9 Å². The molecule has 2 aromatic heterocycles. The van der Waals surface area contributed by atoms with Crippen molar-refractivity contribution >= 4 is 32.9 Å². The molecular formula is C26H22N2O2S. The number of aromatic nitrogens is 2. The van der Waals surface area contributed by atoms with Crippen LogP contribution in [0.5, 0.6) is 0 Å². The number of hydrogen-bond acceptors (Lipinski definition) is 4. The summed E-state index contributed by atoms with van der Waals surface area (Å²) in [5.41, 5.74) is 5.58. The summed E-state index contributed by atoms with van der Waals surface area (Å²) in [7, 11) is 0. The standard InChI is InChI=1S/C26H22N2O2S/c1-15-10-12-16(13-11-15)23(29)21-18-7-3-2-6-17(18)14-28-24(21)27-25(30)22-19-8-4-5-9-20(19)31-26(22)28/h2-3,6-7,10-13,29H,4-5,8-9,14H2,1H3/b23-21-. The summed E-state index contributed by atoms with van der Waals surface area (Å²) >= 11 is 1.73. The maximum atomic E-state index is 13.2. The second-order valence-electron chi connectivity index (χ2n) is 8.46. The van der Waals surface area contributed by atoms with E-state index in [-0.39, 0.29) is 11.3 Å². The zero-order valence-corrected chi connectivity index (χ0v) is 18.1. The first-order valence-corrected chi connectivity index (χ1v) is 11.6. The summed E-state index contributed by atoms with van der Waals surface area (Å²) in [5, 5.41) is 12.2. The number of aliphatic hydroxyl groups is 1. The van der Waals surface area contributed by atoms with Gasteiger partial charge in [0.05, 0.1) is 17.5 Å². The number of fused-ring (bicyclic) bond motifs is 6. The zero-order chi connectivity index (χ0) is 21.1. The van der Waals surface area contributed by atoms with Crippen molar-refractivity contribution in [3.8, 4) is 0 Å². The highest BCUT2D eigenvalue weighted by molar-refractivity contribution is 7.18. The van der Waals surface area contributed by atoms with Gasteiger partial charge in [0.15, 0.2) is 0 Å². The lowest BCUT2D eigenvalue weighted by Crippen LogP contribution is -2.23. The van der Waals surface area contributed by atoms with Crippen molar-refractivity contribution in [2.24, 2.45) is 0 Å². The smallest absolute Gasteiger partial charge is 0.282 e. The van der Waals surface area contributed by atoms with E-state index in [2.05, 4.69) is 15.6 Å². The van der Waals surface area contributed by atoms with E-state index in [9.17, 15) is 9.90 Å². The van der Waals surface area contributed by atoms with Gasteiger partial charge in [0.25, 0.3) is 5.56 Å². The highest BCUT2D eigenvalue weighted by Crippen LogP contribution is 2.40. The van der Waals surface area contributed by atoms with Crippen molar-refractivity contribution < 1.29 is 5.11 Å². The summed E-state index contributed by atoms with van der Waals surface area (Å²) in [6.07, 6.45) is 4.30. The Morgan fingerprint density at radius 2 is 1.84 bits per heavy atom. The van der Waals surface area contributed by atoms with Gasteiger partial charge in [0.1, 0.15) is 16.4 Å². The first-order chi connectivity index (χ1) is 15.1. The second kappa shape index (κ2) is 6.92. The Hall–Kier alpha value is -3.18. The maximum absolute atomic E-state index is 13.2. The number of rotatable bonds is 1. The van der Waals surface area contributed by atoms with Crippen LogP contribution in [0.25, 0.3) is 21.5 Å². The van der Waals surface area contributed by atoms with Crippen LogP contribution in [0.4, 0.5) is 0 Å². The fourth-order valence-electron chi connectivity index (χ4n) is 4.89. The van der Waals surface area contributed by atoms with Crippen LogP contribution in [0, 0.1) is 6.92 Å². The molecule has 3 heterocycles. The summed E-state index contributed by atoms with van der Waals surface area (Å²) in [6.45, 7) is 2.68. The third kappa shape index (κ3) is 2.80. The largest absolute Gasteiger partial charge is 0.507 e. The molecule has 0 bridgehead atoms. The minimum atomic E-state index is -0.172. The molecule has 0 amide bonds. The molecule has 1 aliphatic carbocycles. The van der Waals surface area contributed by atoms with Crippen LogP contribution in [-0.2, 0) is 19.4 Å². The predicted molar refractivity (Wildman–Crippen MR) is 126 cm³/mol. The molecule has 0 saturated carbocycles. The lowest BCUT2D eigenvalue weighted by atomic mass is 9.92. The average molecular weight is 427 g/mol. The third-order valence-corrected chi connectivity index (χ3v) is 7.79. The number of aryl methyl sites for hydroxylation is 3. The van der Waals surface area contributed by atoms with Crippen molar-refractivity contribution in [3.05, 3.63) is 97.4 Å². The van der Waals surface area contributed by atoms with Gasteiger partial charge >= 0.3 is 0 Å². The van der Waals surface area contributed by atoms with Gasteiger partial charge in [-0.25, -0.2) is 0 Å². The molecule has 4 nitrogen and oxygen atoms in total. The number of hydrogen-bond donors (Lipinski definition) is 1. The zero-order valence-electron chi connectivity index (χ0n) is 17.3. The normalized spacial score (nSPS) is 16.5. The fraction of sp³-hybridized carbons (Fsp3) is 0.231. The van der Waals surface area contributed by atoms with Crippen LogP contribution in [0.2, 0.25) is 0 Å². The van der Waals surface area contributed by atoms with E-state index in [1.165, 1.54) is 16.9 Å². The van der Waals surface area contributed by atoms with Gasteiger partial charge in [-0.2, -0.15) is 4.98 Å². The molecule has 1 aliphatic heterocycles. The van der Waals surface area contributed by atoms with E-state index in [0.717, 1.165) is 51.7 Å². The average Bonchev–Trinajstić information content (AvgIpc) is 3.19. The fourth-order valence-corrected chi connectivity index (χ4v) is 6.27. The molecule has 5 heteroatoms. The molecule has 31 heavy (non-hydrogen) atoms. The molecule has 4 aromatic rings. The van der Waals surface area contributed by atoms with Crippen molar-refractivity contribution in [2.75, 3.05) is 0 Å². The van der Waals surface area contributed by atoms with Gasteiger partial charge in [-0.05, 0) is 49.3 Å². The Balaban J connectivity index is 1.69. The molecule has 0 saturated heterocycles. The lowest BCUT2D eigenvalue weighted by molar-refractivity contribution is 0.512. The molecule has 1 N–H and O–H groups in total. The molecular weight excluding hydrogens is 404 g/mol. The van der Waals surface area contributed by atoms with Gasteiger partial charge in [0.2, 0.25) is 0 Å². The number of benzene rings is 2. The lowest BCUT2D eigenvalue weighted by Gasteiger charge is -2.25. The minimum absolute atomic E-state index is 0.161. The van der Waals surface area contributed by atoms with Crippen molar-refractivity contribution in [2.45, 2.75) is 39.2 Å². The quantitative estimate of drug-likeness (QED) is 0.361. The van der Waals surface area contributed by atoms with Crippen LogP contribution in [0.15, 0.2) is 53.3 Å². The van der Waals surface area contributed by atoms with E-state index >= 15 is 0 Å². The van der Waals surface area contributed by atoms with E-state index in [1.807, 2.05) is 49.4 Å². The molecule has 6 rings (SSSR count). The van der Waals surface area contributed by atoms with E-state index in [4.69, 9.17) is 0 Å². The number of nitrogens with zero attached hydrogens (tertiary/aromatic N) is 2. The summed E-state index contributed by atoms with van der Waals surface area (Å²) < 4.78 is 2.14. The Bertz CT molecular complexity index is 1440. The number of thiophene rings is 1.